The first-order chi connectivity index (χ1) is 11.5. The van der Waals surface area contributed by atoms with Crippen LogP contribution in [0, 0.1) is 0 Å². The van der Waals surface area contributed by atoms with Gasteiger partial charge in [-0.2, -0.15) is 5.10 Å². The van der Waals surface area contributed by atoms with E-state index in [0.29, 0.717) is 11.8 Å². The Kier molecular flexibility index (Phi) is 4.07. The Bertz CT molecular complexity index is 858. The molecule has 122 valence electrons. The number of ether oxygens (including phenoxy) is 1. The molecule has 0 radical (unpaired) electrons. The van der Waals surface area contributed by atoms with Crippen LogP contribution in [0.3, 0.4) is 0 Å². The van der Waals surface area contributed by atoms with E-state index in [0.717, 1.165) is 0 Å². The quantitative estimate of drug-likeness (QED) is 0.671. The Morgan fingerprint density at radius 1 is 1.00 bits per heavy atom. The highest BCUT2D eigenvalue weighted by molar-refractivity contribution is 5.76. The van der Waals surface area contributed by atoms with Crippen molar-refractivity contribution in [2.75, 3.05) is 0 Å². The van der Waals surface area contributed by atoms with Crippen LogP contribution in [-0.4, -0.2) is 22.4 Å². The van der Waals surface area contributed by atoms with Gasteiger partial charge in [-0.05, 0) is 17.7 Å². The lowest BCUT2D eigenvalue weighted by molar-refractivity contribution is -0.274. The van der Waals surface area contributed by atoms with Gasteiger partial charge in [0, 0.05) is 11.8 Å². The van der Waals surface area contributed by atoms with Gasteiger partial charge in [-0.1, -0.05) is 42.5 Å². The van der Waals surface area contributed by atoms with Gasteiger partial charge in [0.05, 0.1) is 0 Å². The first kappa shape index (κ1) is 15.8. The first-order valence-electron chi connectivity index (χ1n) is 6.93. The van der Waals surface area contributed by atoms with Gasteiger partial charge in [0.1, 0.15) is 11.4 Å². The van der Waals surface area contributed by atoms with E-state index in [-0.39, 0.29) is 22.7 Å². The Morgan fingerprint density at radius 3 is 2.38 bits per heavy atom. The summed E-state index contributed by atoms with van der Waals surface area (Å²) < 4.78 is 44.1. The number of benzene rings is 2. The fraction of sp³-hybridized carbons (Fsp3) is 0.0588. The Morgan fingerprint density at radius 2 is 1.75 bits per heavy atom. The second-order valence-electron chi connectivity index (χ2n) is 4.87. The van der Waals surface area contributed by atoms with Crippen molar-refractivity contribution in [3.05, 3.63) is 66.5 Å². The molecule has 1 heterocycles. The van der Waals surface area contributed by atoms with Crippen LogP contribution in [0.4, 0.5) is 13.2 Å². The highest BCUT2D eigenvalue weighted by atomic mass is 19.4. The molecular formula is C17H11F3N2O2. The van der Waals surface area contributed by atoms with E-state index in [2.05, 4.69) is 9.84 Å². The van der Waals surface area contributed by atoms with Crippen LogP contribution in [0.1, 0.15) is 10.5 Å². The number of alkyl halides is 3. The first-order valence-corrected chi connectivity index (χ1v) is 6.93. The molecule has 0 aliphatic carbocycles. The van der Waals surface area contributed by atoms with Crippen molar-refractivity contribution in [3.8, 4) is 22.6 Å². The van der Waals surface area contributed by atoms with Gasteiger partial charge in [-0.15, -0.1) is 13.2 Å². The Balaban J connectivity index is 2.19. The molecule has 0 amide bonds. The van der Waals surface area contributed by atoms with E-state index in [1.54, 1.807) is 36.4 Å². The minimum absolute atomic E-state index is 0.0850. The minimum Gasteiger partial charge on any atom is -0.403 e. The van der Waals surface area contributed by atoms with Crippen molar-refractivity contribution < 1.29 is 22.7 Å². The molecule has 0 unspecified atom stereocenters. The molecular weight excluding hydrogens is 321 g/mol. The fourth-order valence-electron chi connectivity index (χ4n) is 2.31. The number of para-hydroxylation sites is 1. The van der Waals surface area contributed by atoms with Crippen molar-refractivity contribution in [2.45, 2.75) is 6.36 Å². The highest BCUT2D eigenvalue weighted by Crippen LogP contribution is 2.38. The van der Waals surface area contributed by atoms with E-state index >= 15 is 0 Å². The fourth-order valence-corrected chi connectivity index (χ4v) is 2.31. The maximum atomic E-state index is 12.9. The van der Waals surface area contributed by atoms with Gasteiger partial charge < -0.3 is 4.74 Å². The van der Waals surface area contributed by atoms with E-state index in [4.69, 9.17) is 0 Å². The summed E-state index contributed by atoms with van der Waals surface area (Å²) in [7, 11) is 0. The average molecular weight is 332 g/mol. The number of hydrogen-bond donors (Lipinski definition) is 0. The number of nitrogens with zero attached hydrogens (tertiary/aromatic N) is 2. The summed E-state index contributed by atoms with van der Waals surface area (Å²) in [5.41, 5.74) is 1.04. The van der Waals surface area contributed by atoms with Crippen LogP contribution in [0.5, 0.6) is 5.75 Å². The molecule has 3 aromatic rings. The summed E-state index contributed by atoms with van der Waals surface area (Å²) in [5.74, 6) is -0.378. The van der Waals surface area contributed by atoms with Crippen LogP contribution >= 0.6 is 0 Å². The zero-order valence-electron chi connectivity index (χ0n) is 12.2. The molecule has 0 saturated carbocycles. The van der Waals surface area contributed by atoms with Crippen LogP contribution in [0.2, 0.25) is 0 Å². The topological polar surface area (TPSA) is 44.1 Å². The summed E-state index contributed by atoms with van der Waals surface area (Å²) in [5, 5.41) is 3.93. The minimum atomic E-state index is -4.86. The molecule has 0 aliphatic heterocycles. The molecule has 0 fully saturated rings. The van der Waals surface area contributed by atoms with Gasteiger partial charge in [0.2, 0.25) is 0 Å². The largest absolute Gasteiger partial charge is 0.573 e. The van der Waals surface area contributed by atoms with Crippen LogP contribution in [0.25, 0.3) is 16.8 Å². The number of carbonyl (C=O) groups is 1. The molecule has 1 aromatic heterocycles. The molecule has 0 N–H and O–H groups in total. The number of aromatic nitrogens is 2. The van der Waals surface area contributed by atoms with Gasteiger partial charge in [0.25, 0.3) is 0 Å². The van der Waals surface area contributed by atoms with Gasteiger partial charge >= 0.3 is 6.36 Å². The summed E-state index contributed by atoms with van der Waals surface area (Å²) in [6.45, 7) is 0. The van der Waals surface area contributed by atoms with Crippen molar-refractivity contribution in [3.63, 3.8) is 0 Å². The second-order valence-corrected chi connectivity index (χ2v) is 4.87. The summed E-state index contributed by atoms with van der Waals surface area (Å²) >= 11 is 0. The molecule has 4 nitrogen and oxygen atoms in total. The third kappa shape index (κ3) is 3.29. The summed E-state index contributed by atoms with van der Waals surface area (Å²) in [4.78, 5) is 10.8. The number of rotatable bonds is 4. The van der Waals surface area contributed by atoms with Crippen molar-refractivity contribution in [2.24, 2.45) is 0 Å². The molecule has 0 bridgehead atoms. The third-order valence-electron chi connectivity index (χ3n) is 3.27. The van der Waals surface area contributed by atoms with E-state index in [1.807, 2.05) is 0 Å². The normalized spacial score (nSPS) is 11.3. The summed E-state index contributed by atoms with van der Waals surface area (Å²) in [6, 6.07) is 14.5. The van der Waals surface area contributed by atoms with Crippen LogP contribution in [-0.2, 0) is 0 Å². The van der Waals surface area contributed by atoms with Crippen molar-refractivity contribution >= 4 is 6.29 Å². The lowest BCUT2D eigenvalue weighted by atomic mass is 10.0. The third-order valence-corrected chi connectivity index (χ3v) is 3.27. The highest BCUT2D eigenvalue weighted by Gasteiger charge is 2.34. The smallest absolute Gasteiger partial charge is 0.403 e. The van der Waals surface area contributed by atoms with E-state index in [1.165, 1.54) is 29.1 Å². The predicted octanol–water partition coefficient (Wildman–Crippen LogP) is 4.25. The van der Waals surface area contributed by atoms with E-state index in [9.17, 15) is 18.0 Å². The Hall–Kier alpha value is -3.09. The summed E-state index contributed by atoms with van der Waals surface area (Å²) in [6.07, 6.45) is -2.95. The molecule has 0 spiro atoms. The molecule has 3 rings (SSSR count). The number of halogens is 3. The standard InChI is InChI=1S/C17H11F3N2O2/c18-17(19,20)24-16-14(12-5-2-1-3-6-12)7-4-8-15(16)22-10-9-13(11-23)21-22/h1-11H. The maximum Gasteiger partial charge on any atom is 0.573 e. The lowest BCUT2D eigenvalue weighted by Gasteiger charge is -2.17. The van der Waals surface area contributed by atoms with Crippen molar-refractivity contribution in [1.82, 2.24) is 9.78 Å². The van der Waals surface area contributed by atoms with Crippen LogP contribution in [0.15, 0.2) is 60.8 Å². The molecule has 2 aromatic carbocycles. The SMILES string of the molecule is O=Cc1ccn(-c2cccc(-c3ccccc3)c2OC(F)(F)F)n1. The number of carbonyl (C=O) groups excluding carboxylic acids is 1. The monoisotopic (exact) mass is 332 g/mol. The second kappa shape index (κ2) is 6.19. The van der Waals surface area contributed by atoms with E-state index < -0.39 is 6.36 Å². The predicted molar refractivity (Wildman–Crippen MR) is 81.1 cm³/mol. The molecule has 0 aliphatic rings. The average Bonchev–Trinajstić information content (AvgIpc) is 3.03. The molecule has 0 atom stereocenters. The Labute approximate surface area is 135 Å². The maximum absolute atomic E-state index is 12.9. The zero-order valence-corrected chi connectivity index (χ0v) is 12.2. The number of aldehydes is 1. The molecule has 7 heteroatoms. The van der Waals surface area contributed by atoms with Gasteiger partial charge in [-0.25, -0.2) is 4.68 Å². The zero-order chi connectivity index (χ0) is 17.2. The number of hydrogen-bond acceptors (Lipinski definition) is 3. The van der Waals surface area contributed by atoms with Crippen molar-refractivity contribution in [1.29, 1.82) is 0 Å². The van der Waals surface area contributed by atoms with Crippen LogP contribution < -0.4 is 4.74 Å². The molecule has 24 heavy (non-hydrogen) atoms. The molecule has 0 saturated heterocycles. The lowest BCUT2D eigenvalue weighted by Crippen LogP contribution is -2.19. The van der Waals surface area contributed by atoms with Gasteiger partial charge in [-0.3, -0.25) is 4.79 Å². The van der Waals surface area contributed by atoms with Gasteiger partial charge in [0.15, 0.2) is 12.0 Å².